The second-order valence-electron chi connectivity index (χ2n) is 4.71. The lowest BCUT2D eigenvalue weighted by Crippen LogP contribution is -2.33. The van der Waals surface area contributed by atoms with Crippen molar-refractivity contribution < 1.29 is 0 Å². The van der Waals surface area contributed by atoms with Crippen LogP contribution in [-0.2, 0) is 6.42 Å². The van der Waals surface area contributed by atoms with E-state index in [2.05, 4.69) is 24.0 Å². The first-order valence-corrected chi connectivity index (χ1v) is 6.62. The van der Waals surface area contributed by atoms with Crippen molar-refractivity contribution in [2.24, 2.45) is 5.92 Å². The summed E-state index contributed by atoms with van der Waals surface area (Å²) in [7, 11) is 0. The molecule has 1 saturated heterocycles. The molecule has 1 aliphatic heterocycles. The van der Waals surface area contributed by atoms with Gasteiger partial charge >= 0.3 is 0 Å². The molecule has 16 heavy (non-hydrogen) atoms. The number of rotatable bonds is 3. The molecule has 2 heteroatoms. The molecule has 0 spiro atoms. The second kappa shape index (κ2) is 5.70. The highest BCUT2D eigenvalue weighted by Gasteiger charge is 2.17. The minimum Gasteiger partial charge on any atom is -0.304 e. The van der Waals surface area contributed by atoms with Gasteiger partial charge in [-0.05, 0) is 62.5 Å². The van der Waals surface area contributed by atoms with Crippen molar-refractivity contribution in [1.82, 2.24) is 4.90 Å². The summed E-state index contributed by atoms with van der Waals surface area (Å²) in [4.78, 5) is 2.54. The lowest BCUT2D eigenvalue weighted by atomic mass is 9.90. The number of piperidine rings is 1. The number of nitrogens with zero attached hydrogens (tertiary/aromatic N) is 1. The Morgan fingerprint density at radius 3 is 2.38 bits per heavy atom. The van der Waals surface area contributed by atoms with Gasteiger partial charge < -0.3 is 4.90 Å². The molecule has 0 amide bonds. The van der Waals surface area contributed by atoms with Gasteiger partial charge in [0.05, 0.1) is 0 Å². The minimum absolute atomic E-state index is 0.838. The van der Waals surface area contributed by atoms with Gasteiger partial charge in [-0.2, -0.15) is 0 Å². The molecular weight excluding hydrogens is 218 g/mol. The molecule has 1 fully saturated rings. The topological polar surface area (TPSA) is 3.24 Å². The first-order valence-electron chi connectivity index (χ1n) is 6.24. The standard InChI is InChI=1S/C14H20ClN/c1-2-16-9-7-13(8-10-16)11-12-3-5-14(15)6-4-12/h3-6,13H,2,7-11H2,1H3. The first kappa shape index (κ1) is 11.9. The number of likely N-dealkylation sites (tertiary alicyclic amines) is 1. The lowest BCUT2D eigenvalue weighted by Gasteiger charge is -2.31. The van der Waals surface area contributed by atoms with Crippen LogP contribution < -0.4 is 0 Å². The van der Waals surface area contributed by atoms with Gasteiger partial charge in [-0.1, -0.05) is 30.7 Å². The van der Waals surface area contributed by atoms with Crippen LogP contribution in [0.4, 0.5) is 0 Å². The fourth-order valence-electron chi connectivity index (χ4n) is 2.46. The van der Waals surface area contributed by atoms with Crippen LogP contribution >= 0.6 is 11.6 Å². The van der Waals surface area contributed by atoms with Gasteiger partial charge in [-0.15, -0.1) is 0 Å². The third-order valence-corrected chi connectivity index (χ3v) is 3.84. The van der Waals surface area contributed by atoms with Crippen molar-refractivity contribution in [2.75, 3.05) is 19.6 Å². The fourth-order valence-corrected chi connectivity index (χ4v) is 2.59. The molecule has 0 bridgehead atoms. The maximum Gasteiger partial charge on any atom is 0.0406 e. The predicted octanol–water partition coefficient (Wildman–Crippen LogP) is 3.61. The largest absolute Gasteiger partial charge is 0.304 e. The van der Waals surface area contributed by atoms with Crippen molar-refractivity contribution in [3.8, 4) is 0 Å². The highest BCUT2D eigenvalue weighted by Crippen LogP contribution is 2.22. The minimum atomic E-state index is 0.838. The molecule has 1 nitrogen and oxygen atoms in total. The van der Waals surface area contributed by atoms with E-state index in [9.17, 15) is 0 Å². The third kappa shape index (κ3) is 3.23. The zero-order chi connectivity index (χ0) is 11.4. The van der Waals surface area contributed by atoms with E-state index >= 15 is 0 Å². The van der Waals surface area contributed by atoms with Crippen LogP contribution in [0.3, 0.4) is 0 Å². The first-order chi connectivity index (χ1) is 7.78. The number of hydrogen-bond donors (Lipinski definition) is 0. The van der Waals surface area contributed by atoms with Gasteiger partial charge in [0.15, 0.2) is 0 Å². The Kier molecular flexibility index (Phi) is 4.25. The SMILES string of the molecule is CCN1CCC(Cc2ccc(Cl)cc2)CC1. The van der Waals surface area contributed by atoms with E-state index in [4.69, 9.17) is 11.6 Å². The van der Waals surface area contributed by atoms with Crippen LogP contribution in [0, 0.1) is 5.92 Å². The average Bonchev–Trinajstić information content (AvgIpc) is 2.33. The molecule has 88 valence electrons. The molecule has 0 aliphatic carbocycles. The smallest absolute Gasteiger partial charge is 0.0406 e. The van der Waals surface area contributed by atoms with Crippen LogP contribution in [0.25, 0.3) is 0 Å². The normalized spacial score (nSPS) is 18.9. The fraction of sp³-hybridized carbons (Fsp3) is 0.571. The van der Waals surface area contributed by atoms with Crippen LogP contribution in [0.5, 0.6) is 0 Å². The molecule has 1 aromatic rings. The molecule has 2 rings (SSSR count). The van der Waals surface area contributed by atoms with Crippen molar-refractivity contribution >= 4 is 11.6 Å². The van der Waals surface area contributed by atoms with E-state index < -0.39 is 0 Å². The number of halogens is 1. The van der Waals surface area contributed by atoms with E-state index in [1.807, 2.05) is 12.1 Å². The summed E-state index contributed by atoms with van der Waals surface area (Å²) in [6, 6.07) is 8.32. The molecule has 1 aliphatic rings. The second-order valence-corrected chi connectivity index (χ2v) is 5.14. The summed E-state index contributed by atoms with van der Waals surface area (Å²) >= 11 is 5.89. The Balaban J connectivity index is 1.84. The summed E-state index contributed by atoms with van der Waals surface area (Å²) in [5, 5.41) is 0.838. The lowest BCUT2D eigenvalue weighted by molar-refractivity contribution is 0.192. The van der Waals surface area contributed by atoms with Crippen LogP contribution in [0.2, 0.25) is 5.02 Å². The molecule has 0 saturated carbocycles. The summed E-state index contributed by atoms with van der Waals surface area (Å²) < 4.78 is 0. The van der Waals surface area contributed by atoms with E-state index in [0.717, 1.165) is 10.9 Å². The summed E-state index contributed by atoms with van der Waals surface area (Å²) in [5.74, 6) is 0.865. The van der Waals surface area contributed by atoms with Gasteiger partial charge in [-0.3, -0.25) is 0 Å². The molecule has 0 N–H and O–H groups in total. The Morgan fingerprint density at radius 1 is 1.19 bits per heavy atom. The molecule has 1 aromatic carbocycles. The van der Waals surface area contributed by atoms with Crippen molar-refractivity contribution in [2.45, 2.75) is 26.2 Å². The van der Waals surface area contributed by atoms with E-state index in [1.165, 1.54) is 44.5 Å². The number of benzene rings is 1. The maximum atomic E-state index is 5.89. The predicted molar refractivity (Wildman–Crippen MR) is 70.0 cm³/mol. The van der Waals surface area contributed by atoms with Gasteiger partial charge in [0.2, 0.25) is 0 Å². The quantitative estimate of drug-likeness (QED) is 0.776. The van der Waals surface area contributed by atoms with Gasteiger partial charge in [0.25, 0.3) is 0 Å². The molecule has 0 atom stereocenters. The van der Waals surface area contributed by atoms with Crippen molar-refractivity contribution in [3.63, 3.8) is 0 Å². The highest BCUT2D eigenvalue weighted by atomic mass is 35.5. The third-order valence-electron chi connectivity index (χ3n) is 3.59. The average molecular weight is 238 g/mol. The molecule has 1 heterocycles. The summed E-state index contributed by atoms with van der Waals surface area (Å²) in [5.41, 5.74) is 1.43. The molecular formula is C14H20ClN. The van der Waals surface area contributed by atoms with Gasteiger partial charge in [0.1, 0.15) is 0 Å². The zero-order valence-electron chi connectivity index (χ0n) is 9.95. The Morgan fingerprint density at radius 2 is 1.81 bits per heavy atom. The monoisotopic (exact) mass is 237 g/mol. The molecule has 0 unspecified atom stereocenters. The van der Waals surface area contributed by atoms with Crippen LogP contribution in [0.15, 0.2) is 24.3 Å². The Labute approximate surface area is 103 Å². The van der Waals surface area contributed by atoms with Crippen LogP contribution in [0.1, 0.15) is 25.3 Å². The van der Waals surface area contributed by atoms with Crippen molar-refractivity contribution in [3.05, 3.63) is 34.9 Å². The van der Waals surface area contributed by atoms with Gasteiger partial charge in [-0.25, -0.2) is 0 Å². The van der Waals surface area contributed by atoms with E-state index in [0.29, 0.717) is 0 Å². The zero-order valence-corrected chi connectivity index (χ0v) is 10.7. The maximum absolute atomic E-state index is 5.89. The highest BCUT2D eigenvalue weighted by molar-refractivity contribution is 6.30. The molecule has 0 aromatic heterocycles. The number of hydrogen-bond acceptors (Lipinski definition) is 1. The van der Waals surface area contributed by atoms with E-state index in [1.54, 1.807) is 0 Å². The van der Waals surface area contributed by atoms with Crippen molar-refractivity contribution in [1.29, 1.82) is 0 Å². The van der Waals surface area contributed by atoms with Gasteiger partial charge in [0, 0.05) is 5.02 Å². The summed E-state index contributed by atoms with van der Waals surface area (Å²) in [6.07, 6.45) is 3.90. The Bertz CT molecular complexity index is 312. The van der Waals surface area contributed by atoms with Crippen LogP contribution in [-0.4, -0.2) is 24.5 Å². The molecule has 0 radical (unpaired) electrons. The Hall–Kier alpha value is -0.530. The van der Waals surface area contributed by atoms with E-state index in [-0.39, 0.29) is 0 Å². The summed E-state index contributed by atoms with van der Waals surface area (Å²) in [6.45, 7) is 6.00.